The maximum atomic E-state index is 14.2. The summed E-state index contributed by atoms with van der Waals surface area (Å²) in [6.07, 6.45) is 12.5. The lowest BCUT2D eigenvalue weighted by molar-refractivity contribution is -0.199. The highest BCUT2D eigenvalue weighted by molar-refractivity contribution is 6.07. The zero-order valence-corrected chi connectivity index (χ0v) is 59.2. The fourth-order valence-electron chi connectivity index (χ4n) is 13.7. The van der Waals surface area contributed by atoms with E-state index in [1.165, 1.54) is 46.7 Å². The Bertz CT molecular complexity index is 4210. The molecule has 6 aromatic rings. The summed E-state index contributed by atoms with van der Waals surface area (Å²) >= 11 is 0. The van der Waals surface area contributed by atoms with E-state index in [1.807, 2.05) is 18.7 Å². The fraction of sp³-hybridized carbons (Fsp3) is 0.486. The summed E-state index contributed by atoms with van der Waals surface area (Å²) in [6, 6.07) is 11.1. The normalized spacial score (nSPS) is 20.0. The number of piperidine rings is 2. The van der Waals surface area contributed by atoms with Crippen molar-refractivity contribution in [3.8, 4) is 11.5 Å². The summed E-state index contributed by atoms with van der Waals surface area (Å²) in [7, 11) is 3.20. The minimum absolute atomic E-state index is 0.00616. The second-order valence-corrected chi connectivity index (χ2v) is 26.4. The minimum Gasteiger partial charge on any atom is -0.493 e. The van der Waals surface area contributed by atoms with Gasteiger partial charge in [-0.3, -0.25) is 28.8 Å². The highest BCUT2D eigenvalue weighted by atomic mass is 16.7. The number of rotatable bonds is 25. The number of hydrogen-bond donors (Lipinski definition) is 3. The van der Waals surface area contributed by atoms with Crippen LogP contribution in [0.4, 0.5) is 32.6 Å². The summed E-state index contributed by atoms with van der Waals surface area (Å²) in [5, 5.41) is 14.5. The zero-order chi connectivity index (χ0) is 73.7. The number of carbonyl (C=O) groups is 9. The average molecular weight is 1440 g/mol. The van der Waals surface area contributed by atoms with Gasteiger partial charge in [0.1, 0.15) is 30.2 Å². The molecule has 12 rings (SSSR count). The third kappa shape index (κ3) is 17.7. The number of fused-ring (bicyclic) bond motifs is 5. The Labute approximate surface area is 600 Å². The highest BCUT2D eigenvalue weighted by Gasteiger charge is 2.49. The summed E-state index contributed by atoms with van der Waals surface area (Å²) in [5.74, 6) is -1.57. The number of hydrogen-bond acceptors (Lipinski definition) is 21. The van der Waals surface area contributed by atoms with E-state index in [0.29, 0.717) is 127 Å². The maximum absolute atomic E-state index is 14.2. The quantitative estimate of drug-likeness (QED) is 0.0272. The molecule has 4 fully saturated rings. The Morgan fingerprint density at radius 1 is 0.625 bits per heavy atom. The van der Waals surface area contributed by atoms with Crippen molar-refractivity contribution in [2.45, 2.75) is 167 Å². The molecule has 0 saturated carbocycles. The molecule has 30 heteroatoms. The van der Waals surface area contributed by atoms with Gasteiger partial charge in [0, 0.05) is 91.1 Å². The monoisotopic (exact) mass is 1440 g/mol. The van der Waals surface area contributed by atoms with Crippen LogP contribution in [0.5, 0.6) is 11.5 Å². The molecular weight excluding hydrogens is 1350 g/mol. The first kappa shape index (κ1) is 74.9. The van der Waals surface area contributed by atoms with Crippen LogP contribution < -0.4 is 29.9 Å². The first-order chi connectivity index (χ1) is 50.2. The van der Waals surface area contributed by atoms with Crippen LogP contribution in [0.3, 0.4) is 0 Å². The lowest BCUT2D eigenvalue weighted by Crippen LogP contribution is -2.57. The summed E-state index contributed by atoms with van der Waals surface area (Å²) in [6.45, 7) is 14.8. The number of Topliss-reactive ketones (excluding diaryl/α,β-unsaturated/α-hetero) is 2. The molecule has 0 radical (unpaired) electrons. The Balaban J connectivity index is 0.000000214. The summed E-state index contributed by atoms with van der Waals surface area (Å²) in [5.41, 5.74) is 4.29. The number of imidazole rings is 2. The summed E-state index contributed by atoms with van der Waals surface area (Å²) < 4.78 is 56.6. The minimum atomic E-state index is -1.20. The SMILES string of the molecule is C=CCOC(=O)N1c2cc(OCCCC(=O)Nc3cn(C)c(C(=O)Cc4ccc5oc(C(C)=O)nc5c4)n3)c(C)cc2C(=O)N2CCCC[C@H]2C1OC1CCCCO1.C=CCOC(=O)N1c2cc(OCCCC(=O)Nc3cn(C)c(C(=O)O)n3)c(C)cc2C(=O)N2CCCC[C@H]2C1OC1CCCCO1. The lowest BCUT2D eigenvalue weighted by Gasteiger charge is -2.42. The predicted octanol–water partition coefficient (Wildman–Crippen LogP) is 10.5. The van der Waals surface area contributed by atoms with E-state index >= 15 is 0 Å². The van der Waals surface area contributed by atoms with Crippen molar-refractivity contribution in [2.75, 3.05) is 73.2 Å². The standard InChI is InChI=1S/C42H48N6O10.C32H41N5O9/c1-5-17-56-42(53)48-31-23-34(25(2)20-28(31)40(52)47-16-8-6-11-30(47)41(48)58-37-13-7-9-18-55-37)54-19-10-12-36(51)44-35-24-46(4)38(45-35)32(50)22-27-14-15-33-29(21-27)43-39(57-33)26(3)49;1-4-14-45-32(42)37-23-18-24(43-16-9-11-26(38)33-25-19-35(3)28(34-25)31(40)41)20(2)17-21(23)29(39)36-13-7-5-10-22(36)30(37)46-27-12-6-8-15-44-27/h5,14-15,20-21,23-24,30,37,41H,1,6-13,16-19,22H2,2-4H3,(H,44,51);4,17-19,22,27,30H,1,5-16H2,2-3H3,(H,33,38)(H,40,41)/t30-,37?,41?;22-,27?,30?/m00/s1. The van der Waals surface area contributed by atoms with E-state index in [0.717, 1.165) is 51.4 Å². The number of nitrogens with one attached hydrogen (secondary N) is 2. The average Bonchev–Trinajstić information content (AvgIpc) is 1.61. The van der Waals surface area contributed by atoms with E-state index in [1.54, 1.807) is 65.2 Å². The number of carbonyl (C=O) groups excluding carboxylic acids is 8. The number of aryl methyl sites for hydroxylation is 4. The molecule has 3 N–H and O–H groups in total. The highest BCUT2D eigenvalue weighted by Crippen LogP contribution is 2.43. The van der Waals surface area contributed by atoms with Crippen molar-refractivity contribution in [3.05, 3.63) is 126 Å². The molecule has 9 heterocycles. The van der Waals surface area contributed by atoms with Gasteiger partial charge in [-0.25, -0.2) is 39.1 Å². The van der Waals surface area contributed by atoms with Gasteiger partial charge in [-0.05, 0) is 145 Å². The fourth-order valence-corrected chi connectivity index (χ4v) is 13.7. The number of carboxylic acids is 1. The van der Waals surface area contributed by atoms with E-state index in [4.69, 9.17) is 47.4 Å². The van der Waals surface area contributed by atoms with Crippen molar-refractivity contribution in [2.24, 2.45) is 14.1 Å². The van der Waals surface area contributed by atoms with Gasteiger partial charge >= 0.3 is 18.2 Å². The number of ether oxygens (including phenoxy) is 8. The number of nitrogens with zero attached hydrogens (tertiary/aromatic N) is 9. The Kier molecular flexibility index (Phi) is 24.7. The van der Waals surface area contributed by atoms with Crippen LogP contribution in [0, 0.1) is 13.8 Å². The molecule has 0 aliphatic carbocycles. The van der Waals surface area contributed by atoms with Gasteiger partial charge < -0.3 is 77.0 Å². The zero-order valence-electron chi connectivity index (χ0n) is 59.2. The van der Waals surface area contributed by atoms with E-state index in [-0.39, 0.29) is 110 Å². The second kappa shape index (κ2) is 34.3. The number of amides is 6. The van der Waals surface area contributed by atoms with Gasteiger partial charge in [-0.15, -0.1) is 0 Å². The Morgan fingerprint density at radius 3 is 1.56 bits per heavy atom. The Hall–Kier alpha value is -10.3. The van der Waals surface area contributed by atoms with Gasteiger partial charge in [0.25, 0.3) is 17.7 Å². The number of oxazole rings is 1. The topological polar surface area (TPSA) is 346 Å². The van der Waals surface area contributed by atoms with Crippen LogP contribution in [0.15, 0.2) is 84.6 Å². The number of carboxylic acid groups (broad SMARTS) is 1. The van der Waals surface area contributed by atoms with E-state index in [9.17, 15) is 43.2 Å². The number of ketones is 2. The molecule has 6 amide bonds. The van der Waals surface area contributed by atoms with Crippen molar-refractivity contribution >= 4 is 87.5 Å². The smallest absolute Gasteiger partial charge is 0.416 e. The predicted molar refractivity (Wildman–Crippen MR) is 377 cm³/mol. The van der Waals surface area contributed by atoms with Gasteiger partial charge in [-0.1, -0.05) is 31.4 Å². The van der Waals surface area contributed by atoms with Crippen molar-refractivity contribution in [1.29, 1.82) is 0 Å². The van der Waals surface area contributed by atoms with Crippen LogP contribution in [0.1, 0.15) is 179 Å². The van der Waals surface area contributed by atoms with Crippen molar-refractivity contribution in [1.82, 2.24) is 33.9 Å². The first-order valence-corrected chi connectivity index (χ1v) is 35.4. The second-order valence-electron chi connectivity index (χ2n) is 26.4. The molecule has 3 aromatic carbocycles. The van der Waals surface area contributed by atoms with Crippen LogP contribution in [-0.2, 0) is 58.5 Å². The van der Waals surface area contributed by atoms with Crippen LogP contribution in [-0.4, -0.2) is 182 Å². The molecule has 6 aliphatic heterocycles. The number of anilines is 4. The maximum Gasteiger partial charge on any atom is 0.416 e. The largest absolute Gasteiger partial charge is 0.493 e. The number of aromatic nitrogens is 5. The van der Waals surface area contributed by atoms with E-state index in [2.05, 4.69) is 38.7 Å². The molecule has 554 valence electrons. The molecule has 4 saturated heterocycles. The van der Waals surface area contributed by atoms with E-state index < -0.39 is 55.3 Å². The number of aromatic carboxylic acids is 1. The third-order valence-corrected chi connectivity index (χ3v) is 18.7. The summed E-state index contributed by atoms with van der Waals surface area (Å²) in [4.78, 5) is 136. The molecule has 104 heavy (non-hydrogen) atoms. The molecule has 6 aliphatic rings. The van der Waals surface area contributed by atoms with Crippen molar-refractivity contribution in [3.63, 3.8) is 0 Å². The van der Waals surface area contributed by atoms with Gasteiger partial charge in [-0.2, -0.15) is 0 Å². The molecule has 3 aromatic heterocycles. The van der Waals surface area contributed by atoms with Gasteiger partial charge in [0.05, 0.1) is 47.8 Å². The molecule has 0 bridgehead atoms. The van der Waals surface area contributed by atoms with Crippen LogP contribution in [0.2, 0.25) is 0 Å². The molecule has 30 nitrogen and oxygen atoms in total. The van der Waals surface area contributed by atoms with Crippen LogP contribution in [0.25, 0.3) is 11.1 Å². The first-order valence-electron chi connectivity index (χ1n) is 35.4. The number of benzene rings is 3. The third-order valence-electron chi connectivity index (χ3n) is 18.7. The molecule has 0 spiro atoms. The lowest BCUT2D eigenvalue weighted by atomic mass is 10.00. The van der Waals surface area contributed by atoms with Gasteiger partial charge in [0.15, 0.2) is 48.1 Å². The Morgan fingerprint density at radius 2 is 1.11 bits per heavy atom. The van der Waals surface area contributed by atoms with Crippen LogP contribution >= 0.6 is 0 Å². The van der Waals surface area contributed by atoms with Gasteiger partial charge in [0.2, 0.25) is 29.2 Å². The molecule has 4 unspecified atom stereocenters. The molecule has 6 atom stereocenters. The molecular formula is C74H89N11O19. The van der Waals surface area contributed by atoms with Crippen molar-refractivity contribution < 1.29 is 90.6 Å².